The Balaban J connectivity index is 1.33. The molecule has 0 radical (unpaired) electrons. The number of amides is 1. The molecule has 0 bridgehead atoms. The number of likely N-dealkylation sites (tertiary alicyclic amines) is 2. The first-order valence-electron chi connectivity index (χ1n) is 15.3. The highest BCUT2D eigenvalue weighted by Gasteiger charge is 2.51. The van der Waals surface area contributed by atoms with Crippen molar-refractivity contribution in [1.82, 2.24) is 24.8 Å². The number of rotatable bonds is 7. The molecule has 238 valence electrons. The van der Waals surface area contributed by atoms with E-state index in [0.29, 0.717) is 36.2 Å². The SMILES string of the molecule is C=CC(=O)N1CC[C@@H](N(C)c2nc(OC[C@@H]3CC4(CC4)CN3C)nc3c(F)c(-c4ccc(F)c5sc(N)c(C#N)c45)ncc23)[C@H]1C. The highest BCUT2D eigenvalue weighted by Crippen LogP contribution is 2.54. The van der Waals surface area contributed by atoms with Crippen molar-refractivity contribution in [1.29, 1.82) is 5.26 Å². The number of hydrogen-bond donors (Lipinski definition) is 1. The van der Waals surface area contributed by atoms with E-state index in [2.05, 4.69) is 28.5 Å². The Morgan fingerprint density at radius 1 is 1.35 bits per heavy atom. The molecule has 13 heteroatoms. The van der Waals surface area contributed by atoms with Crippen LogP contribution in [0.5, 0.6) is 6.01 Å². The molecular formula is C33H34F2N8O2S. The van der Waals surface area contributed by atoms with E-state index in [0.717, 1.165) is 24.3 Å². The molecule has 10 nitrogen and oxygen atoms in total. The molecule has 5 heterocycles. The molecule has 2 aliphatic heterocycles. The van der Waals surface area contributed by atoms with E-state index >= 15 is 4.39 Å². The lowest BCUT2D eigenvalue weighted by Crippen LogP contribution is -2.43. The van der Waals surface area contributed by atoms with Crippen LogP contribution in [0.15, 0.2) is 31.0 Å². The van der Waals surface area contributed by atoms with E-state index in [1.165, 1.54) is 37.2 Å². The topological polar surface area (TPSA) is 125 Å². The standard InChI is InChI=1S/C33H34F2N8O2S/c1-5-24(44)43-11-8-23(17(43)2)42(4)31-21-14-38-27(19-6-7-22(34)29-25(19)20(13-36)30(37)46-29)26(35)28(21)39-32(40-31)45-15-18-12-33(9-10-33)16-41(18)3/h5-7,14,17-18,23H,1,8-12,15-16,37H2,2-4H3/t17-,18+,23-/m1/s1. The molecule has 3 aromatic heterocycles. The van der Waals surface area contributed by atoms with Gasteiger partial charge in [-0.2, -0.15) is 15.2 Å². The van der Waals surface area contributed by atoms with Crippen LogP contribution < -0.4 is 15.4 Å². The van der Waals surface area contributed by atoms with Gasteiger partial charge in [-0.05, 0) is 63.3 Å². The molecule has 3 fully saturated rings. The summed E-state index contributed by atoms with van der Waals surface area (Å²) in [6.07, 6.45) is 6.95. The summed E-state index contributed by atoms with van der Waals surface area (Å²) in [5, 5.41) is 10.5. The number of aromatic nitrogens is 3. The summed E-state index contributed by atoms with van der Waals surface area (Å²) in [5.74, 6) is -1.04. The van der Waals surface area contributed by atoms with Crippen LogP contribution in [0.2, 0.25) is 0 Å². The molecule has 46 heavy (non-hydrogen) atoms. The predicted octanol–water partition coefficient (Wildman–Crippen LogP) is 5.11. The van der Waals surface area contributed by atoms with Crippen molar-refractivity contribution in [3.8, 4) is 23.3 Å². The van der Waals surface area contributed by atoms with Gasteiger partial charge in [-0.3, -0.25) is 14.7 Å². The van der Waals surface area contributed by atoms with Crippen molar-refractivity contribution in [2.24, 2.45) is 5.41 Å². The number of nitrogen functional groups attached to an aromatic ring is 1. The number of hydrogen-bond acceptors (Lipinski definition) is 10. The van der Waals surface area contributed by atoms with Gasteiger partial charge in [-0.25, -0.2) is 8.78 Å². The van der Waals surface area contributed by atoms with Crippen LogP contribution >= 0.6 is 11.3 Å². The minimum atomic E-state index is -0.751. The monoisotopic (exact) mass is 644 g/mol. The molecule has 1 aliphatic carbocycles. The zero-order valence-corrected chi connectivity index (χ0v) is 26.7. The molecule has 2 saturated heterocycles. The summed E-state index contributed by atoms with van der Waals surface area (Å²) < 4.78 is 37.9. The zero-order chi connectivity index (χ0) is 32.5. The molecule has 7 rings (SSSR count). The van der Waals surface area contributed by atoms with Crippen molar-refractivity contribution in [2.45, 2.75) is 50.7 Å². The minimum absolute atomic E-state index is 0.0147. The Hall–Kier alpha value is -4.41. The van der Waals surface area contributed by atoms with Gasteiger partial charge in [0.25, 0.3) is 0 Å². The number of nitrogens with two attached hydrogens (primary N) is 1. The number of likely N-dealkylation sites (N-methyl/N-ethyl adjacent to an activating group) is 2. The van der Waals surface area contributed by atoms with Crippen molar-refractivity contribution in [3.05, 3.63) is 48.2 Å². The van der Waals surface area contributed by atoms with Gasteiger partial charge < -0.3 is 20.3 Å². The lowest BCUT2D eigenvalue weighted by molar-refractivity contribution is -0.126. The number of carbonyl (C=O) groups is 1. The molecule has 0 unspecified atom stereocenters. The normalized spacial score (nSPS) is 22.1. The quantitative estimate of drug-likeness (QED) is 0.273. The van der Waals surface area contributed by atoms with Crippen LogP contribution in [0, 0.1) is 28.4 Å². The second-order valence-electron chi connectivity index (χ2n) is 12.8. The van der Waals surface area contributed by atoms with Crippen LogP contribution in [0.4, 0.5) is 19.6 Å². The number of carbonyl (C=O) groups excluding carboxylic acids is 1. The highest BCUT2D eigenvalue weighted by atomic mass is 32.1. The van der Waals surface area contributed by atoms with Crippen molar-refractivity contribution in [2.75, 3.05) is 44.4 Å². The van der Waals surface area contributed by atoms with Crippen molar-refractivity contribution in [3.63, 3.8) is 0 Å². The lowest BCUT2D eigenvalue weighted by atomic mass is 10.0. The number of ether oxygens (including phenoxy) is 1. The van der Waals surface area contributed by atoms with Gasteiger partial charge in [-0.15, -0.1) is 11.3 Å². The molecule has 1 aromatic carbocycles. The average molecular weight is 645 g/mol. The first-order chi connectivity index (χ1) is 22.1. The maximum absolute atomic E-state index is 16.7. The molecule has 3 aliphatic rings. The fourth-order valence-corrected chi connectivity index (χ4v) is 8.29. The van der Waals surface area contributed by atoms with E-state index in [1.54, 1.807) is 4.90 Å². The van der Waals surface area contributed by atoms with Crippen LogP contribution in [0.25, 0.3) is 32.2 Å². The minimum Gasteiger partial charge on any atom is -0.462 e. The Kier molecular flexibility index (Phi) is 7.32. The third-order valence-corrected chi connectivity index (χ3v) is 11.1. The number of benzene rings is 1. The van der Waals surface area contributed by atoms with E-state index in [4.69, 9.17) is 15.5 Å². The van der Waals surface area contributed by atoms with Gasteiger partial charge in [0.15, 0.2) is 5.82 Å². The lowest BCUT2D eigenvalue weighted by Gasteiger charge is -2.32. The van der Waals surface area contributed by atoms with Gasteiger partial charge >= 0.3 is 6.01 Å². The number of fused-ring (bicyclic) bond motifs is 2. The summed E-state index contributed by atoms with van der Waals surface area (Å²) in [6.45, 7) is 7.53. The fraction of sp³-hybridized carbons (Fsp3) is 0.424. The smallest absolute Gasteiger partial charge is 0.319 e. The maximum Gasteiger partial charge on any atom is 0.319 e. The van der Waals surface area contributed by atoms with Crippen LogP contribution in [-0.4, -0.2) is 82.6 Å². The zero-order valence-electron chi connectivity index (χ0n) is 25.9. The van der Waals surface area contributed by atoms with Gasteiger partial charge in [-0.1, -0.05) is 6.58 Å². The molecule has 4 aromatic rings. The number of thiophene rings is 1. The van der Waals surface area contributed by atoms with Crippen molar-refractivity contribution >= 4 is 49.1 Å². The Bertz CT molecular complexity index is 1950. The van der Waals surface area contributed by atoms with E-state index < -0.39 is 11.6 Å². The number of nitrogens with zero attached hydrogens (tertiary/aromatic N) is 7. The number of nitriles is 1. The van der Waals surface area contributed by atoms with Crippen LogP contribution in [0.1, 0.15) is 38.2 Å². The second kappa shape index (κ2) is 11.1. The molecule has 1 spiro atoms. The van der Waals surface area contributed by atoms with Crippen LogP contribution in [-0.2, 0) is 4.79 Å². The van der Waals surface area contributed by atoms with Crippen molar-refractivity contribution < 1.29 is 18.3 Å². The number of halogens is 2. The third kappa shape index (κ3) is 4.82. The van der Waals surface area contributed by atoms with Gasteiger partial charge in [0.2, 0.25) is 5.91 Å². The van der Waals surface area contributed by atoms with E-state index in [1.807, 2.05) is 24.9 Å². The highest BCUT2D eigenvalue weighted by molar-refractivity contribution is 7.23. The molecule has 1 amide bonds. The molecular weight excluding hydrogens is 610 g/mol. The summed E-state index contributed by atoms with van der Waals surface area (Å²) in [6, 6.07) is 4.59. The predicted molar refractivity (Wildman–Crippen MR) is 174 cm³/mol. The Morgan fingerprint density at radius 2 is 2.13 bits per heavy atom. The Morgan fingerprint density at radius 3 is 2.83 bits per heavy atom. The third-order valence-electron chi connectivity index (χ3n) is 10.1. The number of pyridine rings is 1. The summed E-state index contributed by atoms with van der Waals surface area (Å²) in [4.78, 5) is 32.3. The largest absolute Gasteiger partial charge is 0.462 e. The first-order valence-corrected chi connectivity index (χ1v) is 16.1. The van der Waals surface area contributed by atoms with Crippen LogP contribution in [0.3, 0.4) is 0 Å². The Labute approximate surface area is 269 Å². The second-order valence-corrected chi connectivity index (χ2v) is 13.8. The number of anilines is 2. The molecule has 3 atom stereocenters. The van der Waals surface area contributed by atoms with Gasteiger partial charge in [0, 0.05) is 49.4 Å². The van der Waals surface area contributed by atoms with E-state index in [9.17, 15) is 14.4 Å². The van der Waals surface area contributed by atoms with Gasteiger partial charge in [0.05, 0.1) is 21.7 Å². The summed E-state index contributed by atoms with van der Waals surface area (Å²) in [5.41, 5.74) is 6.63. The van der Waals surface area contributed by atoms with E-state index in [-0.39, 0.29) is 67.5 Å². The average Bonchev–Trinajstić information content (AvgIpc) is 3.37. The maximum atomic E-state index is 16.7. The summed E-state index contributed by atoms with van der Waals surface area (Å²) in [7, 11) is 3.95. The molecule has 1 saturated carbocycles. The van der Waals surface area contributed by atoms with Gasteiger partial charge in [0.1, 0.15) is 40.5 Å². The first kappa shape index (κ1) is 30.3. The molecule has 2 N–H and O–H groups in total. The summed E-state index contributed by atoms with van der Waals surface area (Å²) >= 11 is 0.938. The fourth-order valence-electron chi connectivity index (χ4n) is 7.34.